The van der Waals surface area contributed by atoms with E-state index < -0.39 is 0 Å². The van der Waals surface area contributed by atoms with Gasteiger partial charge in [-0.15, -0.1) is 0 Å². The minimum Gasteiger partial charge on any atom is -0.462 e. The number of aryl methyl sites for hydroxylation is 1. The van der Waals surface area contributed by atoms with Gasteiger partial charge in [-0.2, -0.15) is 5.10 Å². The molecule has 0 unspecified atom stereocenters. The van der Waals surface area contributed by atoms with Crippen LogP contribution in [0.2, 0.25) is 0 Å². The summed E-state index contributed by atoms with van der Waals surface area (Å²) in [6.07, 6.45) is 0.785. The maximum absolute atomic E-state index is 12.4. The van der Waals surface area contributed by atoms with Crippen LogP contribution < -0.4 is 5.32 Å². The minimum atomic E-state index is -0.372. The summed E-state index contributed by atoms with van der Waals surface area (Å²) in [7, 11) is 0. The van der Waals surface area contributed by atoms with E-state index in [-0.39, 0.29) is 11.9 Å². The molecule has 0 fully saturated rings. The molecule has 0 spiro atoms. The monoisotopic (exact) mass is 391 g/mol. The minimum absolute atomic E-state index is 0.118. The molecule has 29 heavy (non-hydrogen) atoms. The maximum atomic E-state index is 12.4. The molecular weight excluding hydrogens is 366 g/mol. The molecule has 6 nitrogen and oxygen atoms in total. The van der Waals surface area contributed by atoms with Gasteiger partial charge in [0.05, 0.1) is 23.7 Å². The highest BCUT2D eigenvalue weighted by Gasteiger charge is 2.20. The van der Waals surface area contributed by atoms with E-state index in [0.29, 0.717) is 35.7 Å². The maximum Gasteiger partial charge on any atom is 0.341 e. The molecule has 0 saturated heterocycles. The zero-order valence-corrected chi connectivity index (χ0v) is 16.9. The molecular formula is C23H25N3O3. The number of ether oxygens (including phenoxy) is 1. The molecule has 0 atom stereocenters. The molecule has 0 radical (unpaired) electrons. The van der Waals surface area contributed by atoms with E-state index in [0.717, 1.165) is 12.1 Å². The summed E-state index contributed by atoms with van der Waals surface area (Å²) in [4.78, 5) is 24.5. The number of rotatable bonds is 7. The summed E-state index contributed by atoms with van der Waals surface area (Å²) >= 11 is 0. The van der Waals surface area contributed by atoms with Crippen LogP contribution in [-0.2, 0) is 11.2 Å². The first-order valence-electron chi connectivity index (χ1n) is 9.67. The number of hydrogen-bond donors (Lipinski definition) is 1. The van der Waals surface area contributed by atoms with Crippen molar-refractivity contribution in [1.29, 1.82) is 0 Å². The van der Waals surface area contributed by atoms with Crippen molar-refractivity contribution in [3.8, 4) is 5.69 Å². The summed E-state index contributed by atoms with van der Waals surface area (Å²) in [6, 6.07) is 17.2. The van der Waals surface area contributed by atoms with Crippen LogP contribution in [0.25, 0.3) is 5.69 Å². The lowest BCUT2D eigenvalue weighted by Crippen LogP contribution is -2.25. The molecule has 3 rings (SSSR count). The molecule has 1 aromatic heterocycles. The van der Waals surface area contributed by atoms with Gasteiger partial charge < -0.3 is 10.1 Å². The Morgan fingerprint density at radius 2 is 1.72 bits per heavy atom. The van der Waals surface area contributed by atoms with Gasteiger partial charge in [-0.3, -0.25) is 4.79 Å². The Morgan fingerprint density at radius 3 is 2.38 bits per heavy atom. The van der Waals surface area contributed by atoms with Crippen molar-refractivity contribution in [2.45, 2.75) is 27.2 Å². The molecule has 0 saturated carbocycles. The summed E-state index contributed by atoms with van der Waals surface area (Å²) in [6.45, 7) is 6.28. The van der Waals surface area contributed by atoms with Gasteiger partial charge in [-0.1, -0.05) is 30.3 Å². The molecule has 2 aromatic carbocycles. The van der Waals surface area contributed by atoms with Crippen molar-refractivity contribution in [3.63, 3.8) is 0 Å². The Labute approximate surface area is 170 Å². The van der Waals surface area contributed by atoms with Crippen LogP contribution in [0, 0.1) is 13.8 Å². The second kappa shape index (κ2) is 9.19. The zero-order valence-electron chi connectivity index (χ0n) is 16.9. The highest BCUT2D eigenvalue weighted by molar-refractivity contribution is 5.94. The number of benzene rings is 2. The van der Waals surface area contributed by atoms with Crippen LogP contribution in [0.15, 0.2) is 54.6 Å². The molecule has 1 amide bonds. The van der Waals surface area contributed by atoms with Gasteiger partial charge in [0.2, 0.25) is 0 Å². The molecule has 1 N–H and O–H groups in total. The van der Waals surface area contributed by atoms with Crippen LogP contribution in [0.1, 0.15) is 44.6 Å². The molecule has 6 heteroatoms. The summed E-state index contributed by atoms with van der Waals surface area (Å²) < 4.78 is 6.81. The van der Waals surface area contributed by atoms with E-state index in [1.807, 2.05) is 49.4 Å². The average molecular weight is 391 g/mol. The van der Waals surface area contributed by atoms with Crippen LogP contribution in [0.5, 0.6) is 0 Å². The highest BCUT2D eigenvalue weighted by Crippen LogP contribution is 2.19. The van der Waals surface area contributed by atoms with Gasteiger partial charge in [0.1, 0.15) is 5.56 Å². The van der Waals surface area contributed by atoms with Crippen molar-refractivity contribution in [1.82, 2.24) is 15.1 Å². The van der Waals surface area contributed by atoms with E-state index in [4.69, 9.17) is 4.74 Å². The largest absolute Gasteiger partial charge is 0.462 e. The summed E-state index contributed by atoms with van der Waals surface area (Å²) in [5.74, 6) is -0.490. The van der Waals surface area contributed by atoms with Crippen molar-refractivity contribution < 1.29 is 14.3 Å². The smallest absolute Gasteiger partial charge is 0.341 e. The fraction of sp³-hybridized carbons (Fsp3) is 0.261. The van der Waals surface area contributed by atoms with Gasteiger partial charge in [-0.25, -0.2) is 9.48 Å². The number of hydrogen-bond acceptors (Lipinski definition) is 4. The predicted molar refractivity (Wildman–Crippen MR) is 111 cm³/mol. The number of carbonyl (C=O) groups excluding carboxylic acids is 2. The molecule has 0 aliphatic heterocycles. The number of nitrogens with zero attached hydrogens (tertiary/aromatic N) is 2. The van der Waals surface area contributed by atoms with Gasteiger partial charge in [0.15, 0.2) is 0 Å². The fourth-order valence-corrected chi connectivity index (χ4v) is 3.21. The Morgan fingerprint density at radius 1 is 1.03 bits per heavy atom. The van der Waals surface area contributed by atoms with Crippen molar-refractivity contribution in [3.05, 3.63) is 82.7 Å². The highest BCUT2D eigenvalue weighted by atomic mass is 16.5. The van der Waals surface area contributed by atoms with Gasteiger partial charge in [0.25, 0.3) is 5.91 Å². The van der Waals surface area contributed by atoms with Crippen molar-refractivity contribution in [2.24, 2.45) is 0 Å². The lowest BCUT2D eigenvalue weighted by Gasteiger charge is -2.08. The lowest BCUT2D eigenvalue weighted by molar-refractivity contribution is 0.0524. The summed E-state index contributed by atoms with van der Waals surface area (Å²) in [5, 5.41) is 7.39. The molecule has 150 valence electrons. The Kier molecular flexibility index (Phi) is 6.44. The second-order valence-corrected chi connectivity index (χ2v) is 6.72. The van der Waals surface area contributed by atoms with Gasteiger partial charge in [0, 0.05) is 12.1 Å². The van der Waals surface area contributed by atoms with E-state index in [9.17, 15) is 9.59 Å². The number of nitrogens with one attached hydrogen (secondary N) is 1. The Balaban J connectivity index is 1.68. The number of aromatic nitrogens is 2. The number of esters is 1. The topological polar surface area (TPSA) is 73.2 Å². The first-order valence-corrected chi connectivity index (χ1v) is 9.67. The SMILES string of the molecule is CCOC(=O)c1c(C)nn(-c2ccc(C(=O)NCCc3ccccc3)cc2)c1C. The van der Waals surface area contributed by atoms with Crippen LogP contribution >= 0.6 is 0 Å². The van der Waals surface area contributed by atoms with E-state index in [1.165, 1.54) is 5.56 Å². The first-order chi connectivity index (χ1) is 14.0. The molecule has 0 aliphatic rings. The van der Waals surface area contributed by atoms with Crippen LogP contribution in [0.3, 0.4) is 0 Å². The summed E-state index contributed by atoms with van der Waals surface area (Å²) in [5.41, 5.74) is 4.35. The third-order valence-corrected chi connectivity index (χ3v) is 4.69. The van der Waals surface area contributed by atoms with Crippen molar-refractivity contribution >= 4 is 11.9 Å². The normalized spacial score (nSPS) is 10.6. The number of carbonyl (C=O) groups is 2. The zero-order chi connectivity index (χ0) is 20.8. The quantitative estimate of drug-likeness (QED) is 0.624. The molecule has 3 aromatic rings. The van der Waals surface area contributed by atoms with Crippen molar-refractivity contribution in [2.75, 3.05) is 13.2 Å². The van der Waals surface area contributed by atoms with E-state index in [2.05, 4.69) is 10.4 Å². The van der Waals surface area contributed by atoms with Crippen LogP contribution in [-0.4, -0.2) is 34.8 Å². The third-order valence-electron chi connectivity index (χ3n) is 4.69. The van der Waals surface area contributed by atoms with Gasteiger partial charge in [-0.05, 0) is 57.0 Å². The third kappa shape index (κ3) is 4.71. The molecule has 0 bridgehead atoms. The Bertz CT molecular complexity index is 992. The average Bonchev–Trinajstić information content (AvgIpc) is 3.03. The van der Waals surface area contributed by atoms with Crippen LogP contribution in [0.4, 0.5) is 0 Å². The predicted octanol–water partition coefficient (Wildman–Crippen LogP) is 3.64. The number of amides is 1. The van der Waals surface area contributed by atoms with Gasteiger partial charge >= 0.3 is 5.97 Å². The lowest BCUT2D eigenvalue weighted by atomic mass is 10.1. The molecule has 0 aliphatic carbocycles. The van der Waals surface area contributed by atoms with E-state index >= 15 is 0 Å². The molecule has 1 heterocycles. The fourth-order valence-electron chi connectivity index (χ4n) is 3.21. The van der Waals surface area contributed by atoms with E-state index in [1.54, 1.807) is 30.7 Å². The Hall–Kier alpha value is -3.41. The second-order valence-electron chi connectivity index (χ2n) is 6.72. The first kappa shape index (κ1) is 20.3. The standard InChI is InChI=1S/C23H25N3O3/c1-4-29-23(28)21-16(2)25-26(17(21)3)20-12-10-19(11-13-20)22(27)24-15-14-18-8-6-5-7-9-18/h5-13H,4,14-15H2,1-3H3,(H,24,27).